The standard InChI is InChI=1S/C26H40O5/c1-4-15-6-8-19-18-7-5-16-13-17(31-24-23(29)22(28)21(27)14-30-24)9-11-26(16,3)20(18)10-12-25(15,19)2/h4-5,15,17-24,27-29H,1,6-14H2,2-3H3/t15-,17-,18-,19?,20?,21+,22?,23?,24-,25+,26-/m0/s1. The van der Waals surface area contributed by atoms with Crippen LogP contribution >= 0.6 is 0 Å². The van der Waals surface area contributed by atoms with E-state index in [1.807, 2.05) is 0 Å². The highest BCUT2D eigenvalue weighted by molar-refractivity contribution is 5.25. The second-order valence-electron chi connectivity index (χ2n) is 11.5. The first-order valence-electron chi connectivity index (χ1n) is 12.4. The number of hydrogen-bond donors (Lipinski definition) is 3. The smallest absolute Gasteiger partial charge is 0.186 e. The zero-order chi connectivity index (χ0) is 22.0. The summed E-state index contributed by atoms with van der Waals surface area (Å²) in [5.74, 6) is 3.03. The van der Waals surface area contributed by atoms with E-state index < -0.39 is 24.6 Å². The SMILES string of the molecule is C=C[C@H]1CCC2[C@@H]3CC=C4C[C@@H](O[C@@H]5OC[C@@H](O)C(O)C5O)CC[C@]4(C)C3CC[C@@]21C. The van der Waals surface area contributed by atoms with E-state index in [4.69, 9.17) is 9.47 Å². The molecule has 3 N–H and O–H groups in total. The van der Waals surface area contributed by atoms with E-state index in [0.29, 0.717) is 11.3 Å². The van der Waals surface area contributed by atoms with Crippen molar-refractivity contribution in [1.82, 2.24) is 0 Å². The highest BCUT2D eigenvalue weighted by Crippen LogP contribution is 2.66. The minimum absolute atomic E-state index is 0.00830. The molecule has 0 amide bonds. The van der Waals surface area contributed by atoms with Crippen molar-refractivity contribution in [3.63, 3.8) is 0 Å². The second-order valence-corrected chi connectivity index (χ2v) is 11.5. The molecule has 174 valence electrons. The van der Waals surface area contributed by atoms with Gasteiger partial charge in [-0.05, 0) is 85.9 Å². The van der Waals surface area contributed by atoms with Gasteiger partial charge in [0.1, 0.15) is 18.3 Å². The fourth-order valence-electron chi connectivity index (χ4n) is 8.26. The van der Waals surface area contributed by atoms with Crippen LogP contribution in [0.25, 0.3) is 0 Å². The number of hydrogen-bond acceptors (Lipinski definition) is 5. The van der Waals surface area contributed by atoms with E-state index in [9.17, 15) is 15.3 Å². The topological polar surface area (TPSA) is 79.2 Å². The number of rotatable bonds is 3. The van der Waals surface area contributed by atoms with Crippen LogP contribution in [0, 0.1) is 34.5 Å². The lowest BCUT2D eigenvalue weighted by atomic mass is 9.47. The molecule has 5 rings (SSSR count). The maximum absolute atomic E-state index is 10.2. The van der Waals surface area contributed by atoms with Crippen LogP contribution in [0.1, 0.15) is 65.2 Å². The number of aliphatic hydroxyl groups is 3. The van der Waals surface area contributed by atoms with Gasteiger partial charge >= 0.3 is 0 Å². The van der Waals surface area contributed by atoms with E-state index in [2.05, 4.69) is 32.6 Å². The van der Waals surface area contributed by atoms with Crippen LogP contribution in [-0.2, 0) is 9.47 Å². The second kappa shape index (κ2) is 7.95. The molecule has 4 fully saturated rings. The molecule has 4 unspecified atom stereocenters. The van der Waals surface area contributed by atoms with E-state index in [-0.39, 0.29) is 18.1 Å². The summed E-state index contributed by atoms with van der Waals surface area (Å²) in [6, 6.07) is 0. The molecule has 1 heterocycles. The van der Waals surface area contributed by atoms with Gasteiger partial charge in [-0.2, -0.15) is 0 Å². The Balaban J connectivity index is 1.29. The Labute approximate surface area is 186 Å². The van der Waals surface area contributed by atoms with Gasteiger partial charge in [0.25, 0.3) is 0 Å². The molecule has 1 aliphatic heterocycles. The van der Waals surface area contributed by atoms with E-state index in [0.717, 1.165) is 37.0 Å². The third-order valence-corrected chi connectivity index (χ3v) is 10.2. The van der Waals surface area contributed by atoms with Gasteiger partial charge < -0.3 is 24.8 Å². The Hall–Kier alpha value is -0.720. The van der Waals surface area contributed by atoms with Gasteiger partial charge in [-0.15, -0.1) is 6.58 Å². The molecule has 0 radical (unpaired) electrons. The van der Waals surface area contributed by atoms with Crippen molar-refractivity contribution >= 4 is 0 Å². The monoisotopic (exact) mass is 432 g/mol. The molecule has 1 saturated heterocycles. The molecule has 4 aliphatic carbocycles. The predicted molar refractivity (Wildman–Crippen MR) is 118 cm³/mol. The van der Waals surface area contributed by atoms with Crippen molar-refractivity contribution in [3.05, 3.63) is 24.3 Å². The number of ether oxygens (including phenoxy) is 2. The Kier molecular flexibility index (Phi) is 5.66. The molecular formula is C26H40O5. The number of aliphatic hydroxyl groups excluding tert-OH is 3. The lowest BCUT2D eigenvalue weighted by Crippen LogP contribution is -2.55. The molecule has 0 bridgehead atoms. The normalized spacial score (nSPS) is 54.4. The van der Waals surface area contributed by atoms with Gasteiger partial charge in [-0.3, -0.25) is 0 Å². The van der Waals surface area contributed by atoms with Crippen LogP contribution in [0.3, 0.4) is 0 Å². The third kappa shape index (κ3) is 3.38. The summed E-state index contributed by atoms with van der Waals surface area (Å²) >= 11 is 0. The quantitative estimate of drug-likeness (QED) is 0.594. The summed E-state index contributed by atoms with van der Waals surface area (Å²) in [7, 11) is 0. The summed E-state index contributed by atoms with van der Waals surface area (Å²) in [6.45, 7) is 9.16. The van der Waals surface area contributed by atoms with Crippen LogP contribution in [0.2, 0.25) is 0 Å². The zero-order valence-corrected chi connectivity index (χ0v) is 19.1. The molecule has 5 nitrogen and oxygen atoms in total. The summed E-state index contributed by atoms with van der Waals surface area (Å²) in [6.07, 6.45) is 9.78. The molecule has 5 aliphatic rings. The predicted octanol–water partition coefficient (Wildman–Crippen LogP) is 3.58. The van der Waals surface area contributed by atoms with E-state index in [1.54, 1.807) is 0 Å². The van der Waals surface area contributed by atoms with Crippen molar-refractivity contribution in [1.29, 1.82) is 0 Å². The first-order valence-corrected chi connectivity index (χ1v) is 12.4. The minimum atomic E-state index is -1.22. The molecule has 31 heavy (non-hydrogen) atoms. The summed E-state index contributed by atoms with van der Waals surface area (Å²) in [4.78, 5) is 0. The minimum Gasteiger partial charge on any atom is -0.388 e. The van der Waals surface area contributed by atoms with Gasteiger partial charge in [0.2, 0.25) is 0 Å². The third-order valence-electron chi connectivity index (χ3n) is 10.2. The van der Waals surface area contributed by atoms with E-state index >= 15 is 0 Å². The van der Waals surface area contributed by atoms with E-state index in [1.165, 1.54) is 37.7 Å². The molecule has 5 heteroatoms. The molecule has 0 aromatic rings. The van der Waals surface area contributed by atoms with Crippen molar-refractivity contribution in [2.45, 2.75) is 95.9 Å². The lowest BCUT2D eigenvalue weighted by Gasteiger charge is -2.58. The average molecular weight is 433 g/mol. The fraction of sp³-hybridized carbons (Fsp3) is 0.846. The Morgan fingerprint density at radius 3 is 2.65 bits per heavy atom. The van der Waals surface area contributed by atoms with Crippen molar-refractivity contribution in [2.75, 3.05) is 6.61 Å². The highest BCUT2D eigenvalue weighted by Gasteiger charge is 2.58. The van der Waals surface area contributed by atoms with Crippen LogP contribution in [0.15, 0.2) is 24.3 Å². The van der Waals surface area contributed by atoms with Crippen LogP contribution in [0.4, 0.5) is 0 Å². The molecule has 0 spiro atoms. The van der Waals surface area contributed by atoms with Crippen molar-refractivity contribution in [2.24, 2.45) is 34.5 Å². The molecule has 3 saturated carbocycles. The van der Waals surface area contributed by atoms with Crippen LogP contribution in [0.5, 0.6) is 0 Å². The Morgan fingerprint density at radius 1 is 1.06 bits per heavy atom. The molecule has 11 atom stereocenters. The average Bonchev–Trinajstić information content (AvgIpc) is 3.10. The zero-order valence-electron chi connectivity index (χ0n) is 19.1. The lowest BCUT2D eigenvalue weighted by molar-refractivity contribution is -0.284. The largest absolute Gasteiger partial charge is 0.388 e. The van der Waals surface area contributed by atoms with Gasteiger partial charge in [0.15, 0.2) is 6.29 Å². The van der Waals surface area contributed by atoms with Gasteiger partial charge in [-0.25, -0.2) is 0 Å². The van der Waals surface area contributed by atoms with Gasteiger partial charge in [-0.1, -0.05) is 31.6 Å². The molecule has 0 aromatic carbocycles. The summed E-state index contributed by atoms with van der Waals surface area (Å²) in [5, 5.41) is 29.9. The Morgan fingerprint density at radius 2 is 1.87 bits per heavy atom. The van der Waals surface area contributed by atoms with Gasteiger partial charge in [0, 0.05) is 0 Å². The maximum atomic E-state index is 10.2. The molecule has 0 aromatic heterocycles. The summed E-state index contributed by atoms with van der Waals surface area (Å²) in [5.41, 5.74) is 2.21. The summed E-state index contributed by atoms with van der Waals surface area (Å²) < 4.78 is 11.6. The molecular weight excluding hydrogens is 392 g/mol. The van der Waals surface area contributed by atoms with Crippen molar-refractivity contribution in [3.8, 4) is 0 Å². The highest BCUT2D eigenvalue weighted by atomic mass is 16.7. The van der Waals surface area contributed by atoms with Gasteiger partial charge in [0.05, 0.1) is 12.7 Å². The number of allylic oxidation sites excluding steroid dienone is 2. The van der Waals surface area contributed by atoms with Crippen molar-refractivity contribution < 1.29 is 24.8 Å². The van der Waals surface area contributed by atoms with Crippen LogP contribution in [-0.4, -0.2) is 52.6 Å². The first kappa shape index (κ1) is 22.1. The Bertz CT molecular complexity index is 735. The maximum Gasteiger partial charge on any atom is 0.186 e. The number of fused-ring (bicyclic) bond motifs is 5. The first-order chi connectivity index (χ1) is 14.8. The van der Waals surface area contributed by atoms with Crippen LogP contribution < -0.4 is 0 Å². The fourth-order valence-corrected chi connectivity index (χ4v) is 8.26.